The number of phosphoric ester groups is 1. The van der Waals surface area contributed by atoms with Crippen molar-refractivity contribution in [3.8, 4) is 0 Å². The molecule has 5 N–H and O–H groups in total. The second kappa shape index (κ2) is 11.1. The lowest BCUT2D eigenvalue weighted by Crippen LogP contribution is -2.34. The largest absolute Gasteiger partial charge is 0.490 e. The van der Waals surface area contributed by atoms with Gasteiger partial charge in [0.05, 0.1) is 12.7 Å². The summed E-state index contributed by atoms with van der Waals surface area (Å²) in [7, 11) is -16.4. The number of phosphoric acid groups is 3. The van der Waals surface area contributed by atoms with Gasteiger partial charge in [-0.25, -0.2) is 18.5 Å². The van der Waals surface area contributed by atoms with Crippen LogP contribution in [0.2, 0.25) is 0 Å². The standard InChI is InChI=1S/C17H23N2O13P3/c20-16-13(7-6-12-4-2-1-3-5-12)10-19(17(21)18-16)15-9-8-14(30-15)11-29-34(25,26)32-35(27,28)31-33(22,23)24/h1-5,10,14-15H,6-9,11H2,(H,25,26)(H,27,28)(H,18,20,21)(H2,22,23,24)/t14-,15+/m0/s1. The molecule has 18 heteroatoms. The fraction of sp³-hybridized carbons (Fsp3) is 0.412. The molecule has 194 valence electrons. The van der Waals surface area contributed by atoms with Crippen LogP contribution in [0.4, 0.5) is 0 Å². The smallest absolute Gasteiger partial charge is 0.352 e. The van der Waals surface area contributed by atoms with Crippen LogP contribution in [0.15, 0.2) is 46.1 Å². The lowest BCUT2D eigenvalue weighted by atomic mass is 10.1. The highest BCUT2D eigenvalue weighted by atomic mass is 31.3. The number of nitrogens with one attached hydrogen (secondary N) is 1. The number of rotatable bonds is 11. The summed E-state index contributed by atoms with van der Waals surface area (Å²) < 4.78 is 52.5. The Hall–Kier alpha value is -1.73. The summed E-state index contributed by atoms with van der Waals surface area (Å²) in [5.41, 5.74) is 0.128. The van der Waals surface area contributed by atoms with E-state index in [0.29, 0.717) is 18.4 Å². The maximum Gasteiger partial charge on any atom is 0.490 e. The molecule has 35 heavy (non-hydrogen) atoms. The quantitative estimate of drug-likeness (QED) is 0.247. The Bertz CT molecular complexity index is 1290. The van der Waals surface area contributed by atoms with Crippen LogP contribution in [0.25, 0.3) is 0 Å². The molecular formula is C17H23N2O13P3. The third-order valence-corrected chi connectivity index (χ3v) is 8.60. The molecular weight excluding hydrogens is 533 g/mol. The Morgan fingerprint density at radius 2 is 1.66 bits per heavy atom. The Morgan fingerprint density at radius 1 is 0.971 bits per heavy atom. The van der Waals surface area contributed by atoms with E-state index < -0.39 is 53.7 Å². The summed E-state index contributed by atoms with van der Waals surface area (Å²) >= 11 is 0. The van der Waals surface area contributed by atoms with E-state index >= 15 is 0 Å². The fourth-order valence-electron chi connectivity index (χ4n) is 3.34. The van der Waals surface area contributed by atoms with Crippen LogP contribution in [-0.2, 0) is 44.4 Å². The molecule has 1 aliphatic rings. The molecule has 0 spiro atoms. The molecule has 0 bridgehead atoms. The van der Waals surface area contributed by atoms with E-state index in [4.69, 9.17) is 14.5 Å². The molecule has 1 aromatic carbocycles. The Labute approximate surface area is 197 Å². The monoisotopic (exact) mass is 556 g/mol. The summed E-state index contributed by atoms with van der Waals surface area (Å²) in [5, 5.41) is 0. The average Bonchev–Trinajstić information content (AvgIpc) is 3.19. The molecule has 2 heterocycles. The van der Waals surface area contributed by atoms with Crippen molar-refractivity contribution in [2.24, 2.45) is 0 Å². The maximum atomic E-state index is 12.3. The molecule has 2 unspecified atom stereocenters. The molecule has 1 saturated heterocycles. The number of nitrogens with zero attached hydrogens (tertiary/aromatic N) is 1. The van der Waals surface area contributed by atoms with Crippen molar-refractivity contribution < 1.29 is 51.2 Å². The van der Waals surface area contributed by atoms with E-state index in [1.54, 1.807) is 0 Å². The number of aromatic amines is 1. The zero-order chi connectivity index (χ0) is 25.9. The molecule has 1 fully saturated rings. The predicted octanol–water partition coefficient (Wildman–Crippen LogP) is 1.34. The lowest BCUT2D eigenvalue weighted by molar-refractivity contribution is -0.0244. The van der Waals surface area contributed by atoms with E-state index in [9.17, 15) is 33.1 Å². The SMILES string of the molecule is O=c1[nH]c(=O)n([C@H]2CC[C@@H](COP(=O)(O)OP(=O)(O)OP(=O)(O)O)O2)cc1CCc1ccccc1. The molecule has 1 aliphatic heterocycles. The number of hydrogen-bond donors (Lipinski definition) is 5. The van der Waals surface area contributed by atoms with Gasteiger partial charge in [0.25, 0.3) is 5.56 Å². The van der Waals surface area contributed by atoms with Crippen molar-refractivity contribution in [3.05, 3.63) is 68.5 Å². The van der Waals surface area contributed by atoms with E-state index in [-0.39, 0.29) is 12.8 Å². The minimum absolute atomic E-state index is 0.241. The van der Waals surface area contributed by atoms with Gasteiger partial charge in [-0.15, -0.1) is 0 Å². The predicted molar refractivity (Wildman–Crippen MR) is 118 cm³/mol. The topological polar surface area (TPSA) is 224 Å². The van der Waals surface area contributed by atoms with Gasteiger partial charge in [-0.05, 0) is 31.2 Å². The van der Waals surface area contributed by atoms with Crippen molar-refractivity contribution in [1.29, 1.82) is 0 Å². The Kier molecular flexibility index (Phi) is 8.85. The van der Waals surface area contributed by atoms with Crippen molar-refractivity contribution in [2.75, 3.05) is 6.61 Å². The zero-order valence-corrected chi connectivity index (χ0v) is 20.6. The van der Waals surface area contributed by atoms with E-state index in [0.717, 1.165) is 5.56 Å². The van der Waals surface area contributed by atoms with Crippen molar-refractivity contribution >= 4 is 23.5 Å². The molecule has 2 aromatic rings. The van der Waals surface area contributed by atoms with Gasteiger partial charge >= 0.3 is 29.2 Å². The first kappa shape index (κ1) is 27.9. The third-order valence-electron chi connectivity index (χ3n) is 4.80. The first-order valence-electron chi connectivity index (χ1n) is 10.1. The third kappa shape index (κ3) is 8.71. The fourth-order valence-corrected chi connectivity index (χ4v) is 6.39. The number of aromatic nitrogens is 2. The Morgan fingerprint density at radius 3 is 2.31 bits per heavy atom. The second-order valence-electron chi connectivity index (χ2n) is 7.48. The Balaban J connectivity index is 1.60. The van der Waals surface area contributed by atoms with Crippen LogP contribution in [-0.4, -0.2) is 41.8 Å². The number of H-pyrrole nitrogens is 1. The minimum Gasteiger partial charge on any atom is -0.352 e. The van der Waals surface area contributed by atoms with Gasteiger partial charge in [0.1, 0.15) is 6.23 Å². The summed E-state index contributed by atoms with van der Waals surface area (Å²) in [4.78, 5) is 62.5. The van der Waals surface area contributed by atoms with Crippen LogP contribution in [0.3, 0.4) is 0 Å². The first-order valence-corrected chi connectivity index (χ1v) is 14.6. The number of ether oxygens (including phenoxy) is 1. The molecule has 1 aromatic heterocycles. The van der Waals surface area contributed by atoms with Crippen molar-refractivity contribution in [1.82, 2.24) is 9.55 Å². The van der Waals surface area contributed by atoms with E-state index in [1.165, 1.54) is 10.8 Å². The van der Waals surface area contributed by atoms with Gasteiger partial charge in [-0.3, -0.25) is 18.9 Å². The van der Waals surface area contributed by atoms with E-state index in [2.05, 4.69) is 18.1 Å². The number of benzene rings is 1. The van der Waals surface area contributed by atoms with Crippen molar-refractivity contribution in [2.45, 2.75) is 38.0 Å². The molecule has 3 rings (SSSR count). The minimum atomic E-state index is -5.62. The van der Waals surface area contributed by atoms with Crippen LogP contribution >= 0.6 is 23.5 Å². The molecule has 0 saturated carbocycles. The molecule has 0 radical (unpaired) electrons. The van der Waals surface area contributed by atoms with Gasteiger partial charge in [0.15, 0.2) is 0 Å². The highest BCUT2D eigenvalue weighted by Gasteiger charge is 2.41. The maximum absolute atomic E-state index is 12.3. The average molecular weight is 556 g/mol. The van der Waals surface area contributed by atoms with E-state index in [1.807, 2.05) is 30.3 Å². The number of aryl methyl sites for hydroxylation is 2. The first-order chi connectivity index (χ1) is 16.2. The van der Waals surface area contributed by atoms with Crippen LogP contribution in [0.5, 0.6) is 0 Å². The number of hydrogen-bond acceptors (Lipinski definition) is 9. The van der Waals surface area contributed by atoms with Gasteiger partial charge < -0.3 is 24.3 Å². The van der Waals surface area contributed by atoms with Crippen LogP contribution in [0, 0.1) is 0 Å². The van der Waals surface area contributed by atoms with Gasteiger partial charge in [0.2, 0.25) is 0 Å². The summed E-state index contributed by atoms with van der Waals surface area (Å²) in [6.45, 7) is -0.626. The van der Waals surface area contributed by atoms with Gasteiger partial charge in [0, 0.05) is 11.8 Å². The molecule has 4 atom stereocenters. The van der Waals surface area contributed by atoms with Crippen LogP contribution in [0.1, 0.15) is 30.2 Å². The molecule has 0 aliphatic carbocycles. The summed E-state index contributed by atoms with van der Waals surface area (Å²) in [6.07, 6.45) is 1.15. The van der Waals surface area contributed by atoms with Crippen LogP contribution < -0.4 is 11.2 Å². The molecule has 15 nitrogen and oxygen atoms in total. The van der Waals surface area contributed by atoms with Crippen molar-refractivity contribution in [3.63, 3.8) is 0 Å². The highest BCUT2D eigenvalue weighted by molar-refractivity contribution is 7.66. The normalized spacial score (nSPS) is 21.9. The highest BCUT2D eigenvalue weighted by Crippen LogP contribution is 2.66. The summed E-state index contributed by atoms with van der Waals surface area (Å²) in [6, 6.07) is 9.43. The van der Waals surface area contributed by atoms with Gasteiger partial charge in [-0.2, -0.15) is 8.62 Å². The second-order valence-corrected chi connectivity index (χ2v) is 11.9. The van der Waals surface area contributed by atoms with Gasteiger partial charge in [-0.1, -0.05) is 30.3 Å². The lowest BCUT2D eigenvalue weighted by Gasteiger charge is -2.19. The molecule has 0 amide bonds. The zero-order valence-electron chi connectivity index (χ0n) is 17.9. The summed E-state index contributed by atoms with van der Waals surface area (Å²) in [5.74, 6) is 0.